The first-order chi connectivity index (χ1) is 11.2. The van der Waals surface area contributed by atoms with Crippen LogP contribution in [0.3, 0.4) is 0 Å². The van der Waals surface area contributed by atoms with Crippen molar-refractivity contribution in [1.29, 1.82) is 0 Å². The topological polar surface area (TPSA) is 30.7 Å². The number of aromatic nitrogens is 3. The number of halogens is 1. The van der Waals surface area contributed by atoms with E-state index in [1.165, 1.54) is 11.1 Å². The molecule has 0 aliphatic heterocycles. The van der Waals surface area contributed by atoms with E-state index >= 15 is 0 Å². The lowest BCUT2D eigenvalue weighted by molar-refractivity contribution is 0.687. The van der Waals surface area contributed by atoms with Crippen molar-refractivity contribution in [3.63, 3.8) is 0 Å². The Balaban J connectivity index is 1.84. The fourth-order valence-electron chi connectivity index (χ4n) is 2.45. The Hall–Kier alpha value is -1.59. The molecule has 0 fully saturated rings. The highest BCUT2D eigenvalue weighted by atomic mass is 79.9. The van der Waals surface area contributed by atoms with Gasteiger partial charge in [-0.05, 0) is 37.6 Å². The van der Waals surface area contributed by atoms with Gasteiger partial charge in [-0.25, -0.2) is 0 Å². The van der Waals surface area contributed by atoms with Crippen molar-refractivity contribution < 1.29 is 0 Å². The Bertz CT molecular complexity index is 814. The number of benzene rings is 2. The molecule has 0 radical (unpaired) electrons. The van der Waals surface area contributed by atoms with Crippen molar-refractivity contribution in [1.82, 2.24) is 14.8 Å². The fourth-order valence-corrected chi connectivity index (χ4v) is 3.84. The third kappa shape index (κ3) is 3.85. The molecule has 0 aliphatic carbocycles. The maximum Gasteiger partial charge on any atom is 0.191 e. The van der Waals surface area contributed by atoms with Crippen LogP contribution < -0.4 is 0 Å². The lowest BCUT2D eigenvalue weighted by Crippen LogP contribution is -2.00. The van der Waals surface area contributed by atoms with Crippen LogP contribution in [-0.2, 0) is 12.3 Å². The highest BCUT2D eigenvalue weighted by Gasteiger charge is 2.13. The molecule has 1 aromatic heterocycles. The Labute approximate surface area is 149 Å². The van der Waals surface area contributed by atoms with Crippen molar-refractivity contribution in [2.45, 2.75) is 31.3 Å². The largest absolute Gasteiger partial charge is 0.302 e. The second kappa shape index (κ2) is 7.32. The maximum atomic E-state index is 4.41. The lowest BCUT2D eigenvalue weighted by atomic mass is 10.1. The molecule has 5 heteroatoms. The summed E-state index contributed by atoms with van der Waals surface area (Å²) < 4.78 is 3.28. The third-order valence-corrected chi connectivity index (χ3v) is 5.10. The minimum atomic E-state index is 0.858. The summed E-state index contributed by atoms with van der Waals surface area (Å²) in [5, 5.41) is 9.77. The zero-order valence-corrected chi connectivity index (χ0v) is 15.6. The van der Waals surface area contributed by atoms with E-state index in [0.717, 1.165) is 33.3 Å². The Morgan fingerprint density at radius 1 is 1.09 bits per heavy atom. The summed E-state index contributed by atoms with van der Waals surface area (Å²) in [6.07, 6.45) is 0. The highest BCUT2D eigenvalue weighted by Crippen LogP contribution is 2.27. The van der Waals surface area contributed by atoms with E-state index < -0.39 is 0 Å². The third-order valence-electron chi connectivity index (χ3n) is 3.57. The molecule has 0 atom stereocenters. The second-order valence-corrected chi connectivity index (χ2v) is 7.20. The molecule has 3 nitrogen and oxygen atoms in total. The van der Waals surface area contributed by atoms with Gasteiger partial charge in [0.15, 0.2) is 11.0 Å². The molecule has 2 aromatic carbocycles. The summed E-state index contributed by atoms with van der Waals surface area (Å²) in [4.78, 5) is 0. The molecule has 1 heterocycles. The summed E-state index contributed by atoms with van der Waals surface area (Å²) in [5.41, 5.74) is 3.62. The fraction of sp³-hybridized carbons (Fsp3) is 0.222. The molecule has 0 N–H and O–H groups in total. The van der Waals surface area contributed by atoms with Crippen molar-refractivity contribution in [3.8, 4) is 11.4 Å². The molecule has 3 rings (SSSR count). The minimum Gasteiger partial charge on any atom is -0.302 e. The first-order valence-corrected chi connectivity index (χ1v) is 9.32. The van der Waals surface area contributed by atoms with Crippen LogP contribution in [0.1, 0.15) is 18.1 Å². The number of aryl methyl sites for hydroxylation is 1. The van der Waals surface area contributed by atoms with Crippen molar-refractivity contribution >= 4 is 27.7 Å². The normalized spacial score (nSPS) is 10.9. The molecule has 0 unspecified atom stereocenters. The standard InChI is InChI=1S/C18H18BrN3S/c1-3-22-17(15-8-4-6-13(2)10-15)20-21-18(22)23-12-14-7-5-9-16(19)11-14/h4-11H,3,12H2,1-2H3. The predicted molar refractivity (Wildman–Crippen MR) is 99.6 cm³/mol. The number of thioether (sulfide) groups is 1. The summed E-state index contributed by atoms with van der Waals surface area (Å²) in [6, 6.07) is 16.8. The van der Waals surface area contributed by atoms with Gasteiger partial charge in [0.2, 0.25) is 0 Å². The zero-order valence-electron chi connectivity index (χ0n) is 13.2. The van der Waals surface area contributed by atoms with E-state index in [1.807, 2.05) is 6.07 Å². The molecule has 3 aromatic rings. The Kier molecular flexibility index (Phi) is 5.18. The van der Waals surface area contributed by atoms with Crippen LogP contribution in [0.25, 0.3) is 11.4 Å². The molecular formula is C18H18BrN3S. The number of hydrogen-bond acceptors (Lipinski definition) is 3. The van der Waals surface area contributed by atoms with Crippen LogP contribution in [0.4, 0.5) is 0 Å². The lowest BCUT2D eigenvalue weighted by Gasteiger charge is -2.08. The van der Waals surface area contributed by atoms with Gasteiger partial charge in [0.25, 0.3) is 0 Å². The van der Waals surface area contributed by atoms with E-state index in [0.29, 0.717) is 0 Å². The predicted octanol–water partition coefficient (Wildman–Crippen LogP) is 5.33. The summed E-state index contributed by atoms with van der Waals surface area (Å²) >= 11 is 5.24. The monoisotopic (exact) mass is 387 g/mol. The van der Waals surface area contributed by atoms with Crippen LogP contribution in [0.15, 0.2) is 58.2 Å². The average molecular weight is 388 g/mol. The van der Waals surface area contributed by atoms with Crippen LogP contribution in [-0.4, -0.2) is 14.8 Å². The first kappa shape index (κ1) is 16.3. The van der Waals surface area contributed by atoms with E-state index in [-0.39, 0.29) is 0 Å². The summed E-state index contributed by atoms with van der Waals surface area (Å²) in [5.74, 6) is 1.82. The molecule has 118 valence electrons. The molecule has 23 heavy (non-hydrogen) atoms. The van der Waals surface area contributed by atoms with E-state index in [9.17, 15) is 0 Å². The van der Waals surface area contributed by atoms with Gasteiger partial charge in [-0.1, -0.05) is 63.6 Å². The maximum absolute atomic E-state index is 4.41. The van der Waals surface area contributed by atoms with Crippen LogP contribution >= 0.6 is 27.7 Å². The Morgan fingerprint density at radius 2 is 1.91 bits per heavy atom. The SMILES string of the molecule is CCn1c(SCc2cccc(Br)c2)nnc1-c1cccc(C)c1. The summed E-state index contributed by atoms with van der Waals surface area (Å²) in [7, 11) is 0. The van der Waals surface area contributed by atoms with E-state index in [2.05, 4.69) is 87.0 Å². The van der Waals surface area contributed by atoms with Gasteiger partial charge in [-0.2, -0.15) is 0 Å². The second-order valence-electron chi connectivity index (χ2n) is 5.34. The van der Waals surface area contributed by atoms with Gasteiger partial charge in [0, 0.05) is 22.3 Å². The number of hydrogen-bond donors (Lipinski definition) is 0. The van der Waals surface area contributed by atoms with E-state index in [4.69, 9.17) is 0 Å². The zero-order chi connectivity index (χ0) is 16.2. The van der Waals surface area contributed by atoms with Gasteiger partial charge in [-0.15, -0.1) is 10.2 Å². The molecule has 0 saturated heterocycles. The van der Waals surface area contributed by atoms with Crippen LogP contribution in [0.5, 0.6) is 0 Å². The van der Waals surface area contributed by atoms with Crippen molar-refractivity contribution in [2.24, 2.45) is 0 Å². The van der Waals surface area contributed by atoms with Crippen molar-refractivity contribution in [2.75, 3.05) is 0 Å². The van der Waals surface area contributed by atoms with Gasteiger partial charge < -0.3 is 4.57 Å². The number of nitrogens with zero attached hydrogens (tertiary/aromatic N) is 3. The van der Waals surface area contributed by atoms with Crippen LogP contribution in [0, 0.1) is 6.92 Å². The summed E-state index contributed by atoms with van der Waals surface area (Å²) in [6.45, 7) is 5.09. The molecule has 0 saturated carbocycles. The van der Waals surface area contributed by atoms with Gasteiger partial charge in [0.05, 0.1) is 0 Å². The molecule has 0 spiro atoms. The quantitative estimate of drug-likeness (QED) is 0.554. The van der Waals surface area contributed by atoms with Gasteiger partial charge >= 0.3 is 0 Å². The Morgan fingerprint density at radius 3 is 2.65 bits per heavy atom. The molecule has 0 bridgehead atoms. The minimum absolute atomic E-state index is 0.858. The molecule has 0 aliphatic rings. The first-order valence-electron chi connectivity index (χ1n) is 7.55. The highest BCUT2D eigenvalue weighted by molar-refractivity contribution is 9.10. The molecule has 0 amide bonds. The van der Waals surface area contributed by atoms with Crippen molar-refractivity contribution in [3.05, 3.63) is 64.1 Å². The van der Waals surface area contributed by atoms with Gasteiger partial charge in [-0.3, -0.25) is 0 Å². The number of rotatable bonds is 5. The van der Waals surface area contributed by atoms with E-state index in [1.54, 1.807) is 11.8 Å². The molecular weight excluding hydrogens is 370 g/mol. The smallest absolute Gasteiger partial charge is 0.191 e. The average Bonchev–Trinajstić information content (AvgIpc) is 2.96. The van der Waals surface area contributed by atoms with Gasteiger partial charge in [0.1, 0.15) is 0 Å². The van der Waals surface area contributed by atoms with Crippen LogP contribution in [0.2, 0.25) is 0 Å².